The molecule has 0 atom stereocenters. The molecule has 3 rings (SSSR count). The zero-order chi connectivity index (χ0) is 14.1. The summed E-state index contributed by atoms with van der Waals surface area (Å²) in [6.45, 7) is 0. The van der Waals surface area contributed by atoms with Crippen LogP contribution < -0.4 is 5.56 Å². The largest absolute Gasteiger partial charge is 0.325 e. The van der Waals surface area contributed by atoms with Crippen LogP contribution >= 0.6 is 12.0 Å². The lowest BCUT2D eigenvalue weighted by atomic mass is 10.0. The van der Waals surface area contributed by atoms with E-state index in [4.69, 9.17) is 0 Å². The van der Waals surface area contributed by atoms with Crippen LogP contribution in [0.2, 0.25) is 0 Å². The summed E-state index contributed by atoms with van der Waals surface area (Å²) in [6.07, 6.45) is 1.84. The van der Waals surface area contributed by atoms with Crippen LogP contribution in [0.5, 0.6) is 0 Å². The molecule has 0 saturated heterocycles. The van der Waals surface area contributed by atoms with Crippen molar-refractivity contribution in [1.29, 1.82) is 0 Å². The molecule has 0 amide bonds. The molecule has 0 radical (unpaired) electrons. The Morgan fingerprint density at radius 1 is 1.05 bits per heavy atom. The van der Waals surface area contributed by atoms with Gasteiger partial charge in [0.25, 0.3) is 5.56 Å². The van der Waals surface area contributed by atoms with Crippen molar-refractivity contribution in [2.75, 3.05) is 0 Å². The van der Waals surface area contributed by atoms with E-state index >= 15 is 0 Å². The number of fused-ring (bicyclic) bond motifs is 1. The van der Waals surface area contributed by atoms with Crippen LogP contribution in [0, 0.1) is 0 Å². The smallest absolute Gasteiger partial charge is 0.258 e. The van der Waals surface area contributed by atoms with Gasteiger partial charge in [0.1, 0.15) is 0 Å². The number of hydrogen-bond donors (Lipinski definition) is 1. The molecular formula is C16H13NO2S. The third-order valence-electron chi connectivity index (χ3n) is 3.34. The average Bonchev–Trinajstić information content (AvgIpc) is 2.51. The Morgan fingerprint density at radius 3 is 2.55 bits per heavy atom. The normalized spacial score (nSPS) is 10.9. The second kappa shape index (κ2) is 5.15. The summed E-state index contributed by atoms with van der Waals surface area (Å²) in [4.78, 5) is 12.9. The number of benzene rings is 2. The first kappa shape index (κ1) is 13.0. The van der Waals surface area contributed by atoms with Gasteiger partial charge < -0.3 is 9.12 Å². The third kappa shape index (κ3) is 2.13. The van der Waals surface area contributed by atoms with Crippen molar-refractivity contribution in [2.24, 2.45) is 7.05 Å². The number of aromatic nitrogens is 1. The Labute approximate surface area is 120 Å². The van der Waals surface area contributed by atoms with E-state index in [2.05, 4.69) is 0 Å². The van der Waals surface area contributed by atoms with Gasteiger partial charge in [0.2, 0.25) is 0 Å². The monoisotopic (exact) mass is 283 g/mol. The van der Waals surface area contributed by atoms with Crippen LogP contribution in [0.1, 0.15) is 0 Å². The van der Waals surface area contributed by atoms with E-state index in [-0.39, 0.29) is 5.56 Å². The van der Waals surface area contributed by atoms with Gasteiger partial charge in [-0.2, -0.15) is 0 Å². The lowest BCUT2D eigenvalue weighted by Gasteiger charge is -2.10. The van der Waals surface area contributed by atoms with Crippen molar-refractivity contribution >= 4 is 22.8 Å². The Kier molecular flexibility index (Phi) is 3.34. The van der Waals surface area contributed by atoms with Crippen LogP contribution in [0.3, 0.4) is 0 Å². The highest BCUT2D eigenvalue weighted by Gasteiger charge is 2.08. The van der Waals surface area contributed by atoms with E-state index in [0.717, 1.165) is 33.5 Å². The molecule has 0 aliphatic heterocycles. The SMILES string of the molecule is Cn1cc(-c2cccc(SO)c2)c2ccccc2c1=O. The van der Waals surface area contributed by atoms with E-state index in [1.165, 1.54) is 0 Å². The molecule has 4 heteroatoms. The first-order chi connectivity index (χ1) is 9.70. The molecule has 0 spiro atoms. The summed E-state index contributed by atoms with van der Waals surface area (Å²) in [5, 5.41) is 1.63. The average molecular weight is 283 g/mol. The minimum Gasteiger partial charge on any atom is -0.325 e. The molecule has 0 aliphatic rings. The van der Waals surface area contributed by atoms with Gasteiger partial charge in [0.05, 0.1) is 0 Å². The molecule has 0 bridgehead atoms. The van der Waals surface area contributed by atoms with Gasteiger partial charge in [-0.15, -0.1) is 0 Å². The summed E-state index contributed by atoms with van der Waals surface area (Å²) >= 11 is 0.722. The Balaban J connectivity index is 2.36. The van der Waals surface area contributed by atoms with Gasteiger partial charge in [-0.05, 0) is 29.1 Å². The maximum atomic E-state index is 12.2. The summed E-state index contributed by atoms with van der Waals surface area (Å²) < 4.78 is 10.8. The fourth-order valence-corrected chi connectivity index (χ4v) is 2.69. The Morgan fingerprint density at radius 2 is 1.80 bits per heavy atom. The Hall–Kier alpha value is -2.04. The predicted molar refractivity (Wildman–Crippen MR) is 83.1 cm³/mol. The van der Waals surface area contributed by atoms with Gasteiger partial charge in [0, 0.05) is 41.1 Å². The molecular weight excluding hydrogens is 270 g/mol. The van der Waals surface area contributed by atoms with Crippen molar-refractivity contribution in [3.8, 4) is 11.1 Å². The standard InChI is InChI=1S/C16H13NO2S/c1-17-10-15(11-5-4-6-12(9-11)20-19)13-7-2-3-8-14(13)16(17)18/h2-10,19H,1H3. The van der Waals surface area contributed by atoms with E-state index in [1.807, 2.05) is 54.7 Å². The summed E-state index contributed by atoms with van der Waals surface area (Å²) in [7, 11) is 1.75. The molecule has 100 valence electrons. The number of pyridine rings is 1. The molecule has 0 unspecified atom stereocenters. The second-order valence-electron chi connectivity index (χ2n) is 4.62. The molecule has 0 aliphatic carbocycles. The number of rotatable bonds is 2. The molecule has 0 fully saturated rings. The molecule has 20 heavy (non-hydrogen) atoms. The van der Waals surface area contributed by atoms with Gasteiger partial charge in [0.15, 0.2) is 0 Å². The zero-order valence-electron chi connectivity index (χ0n) is 10.9. The predicted octanol–water partition coefficient (Wildman–Crippen LogP) is 3.77. The van der Waals surface area contributed by atoms with Crippen molar-refractivity contribution in [2.45, 2.75) is 4.90 Å². The maximum absolute atomic E-state index is 12.2. The fourth-order valence-electron chi connectivity index (χ4n) is 2.37. The summed E-state index contributed by atoms with van der Waals surface area (Å²) in [5.74, 6) is 0. The van der Waals surface area contributed by atoms with Gasteiger partial charge >= 0.3 is 0 Å². The summed E-state index contributed by atoms with van der Waals surface area (Å²) in [6, 6.07) is 15.2. The van der Waals surface area contributed by atoms with Crippen LogP contribution in [0.4, 0.5) is 0 Å². The second-order valence-corrected chi connectivity index (χ2v) is 5.28. The van der Waals surface area contributed by atoms with E-state index in [9.17, 15) is 9.35 Å². The highest BCUT2D eigenvalue weighted by atomic mass is 32.2. The first-order valence-electron chi connectivity index (χ1n) is 6.21. The highest BCUT2D eigenvalue weighted by Crippen LogP contribution is 2.29. The van der Waals surface area contributed by atoms with E-state index in [0.29, 0.717) is 5.39 Å². The minimum atomic E-state index is -0.00274. The number of hydrogen-bond acceptors (Lipinski definition) is 3. The van der Waals surface area contributed by atoms with Crippen LogP contribution in [-0.4, -0.2) is 9.12 Å². The minimum absolute atomic E-state index is 0.00274. The van der Waals surface area contributed by atoms with E-state index < -0.39 is 0 Å². The number of nitrogens with zero attached hydrogens (tertiary/aromatic N) is 1. The maximum Gasteiger partial charge on any atom is 0.258 e. The topological polar surface area (TPSA) is 42.2 Å². The van der Waals surface area contributed by atoms with Crippen LogP contribution in [-0.2, 0) is 7.05 Å². The van der Waals surface area contributed by atoms with Gasteiger partial charge in [-0.1, -0.05) is 30.3 Å². The van der Waals surface area contributed by atoms with Crippen LogP contribution in [0.15, 0.2) is 64.4 Å². The van der Waals surface area contributed by atoms with Crippen molar-refractivity contribution in [1.82, 2.24) is 4.57 Å². The quantitative estimate of drug-likeness (QED) is 0.728. The lowest BCUT2D eigenvalue weighted by Crippen LogP contribution is -2.16. The first-order valence-corrected chi connectivity index (χ1v) is 6.98. The van der Waals surface area contributed by atoms with Crippen molar-refractivity contribution in [3.05, 3.63) is 65.1 Å². The van der Waals surface area contributed by atoms with E-state index in [1.54, 1.807) is 11.6 Å². The van der Waals surface area contributed by atoms with Gasteiger partial charge in [-0.25, -0.2) is 0 Å². The summed E-state index contributed by atoms with van der Waals surface area (Å²) in [5.41, 5.74) is 1.96. The van der Waals surface area contributed by atoms with Crippen molar-refractivity contribution < 1.29 is 4.55 Å². The third-order valence-corrected chi connectivity index (χ3v) is 3.81. The zero-order valence-corrected chi connectivity index (χ0v) is 11.7. The fraction of sp³-hybridized carbons (Fsp3) is 0.0625. The molecule has 3 aromatic rings. The molecule has 1 N–H and O–H groups in total. The highest BCUT2D eigenvalue weighted by molar-refractivity contribution is 7.93. The Bertz CT molecular complexity index is 839. The van der Waals surface area contributed by atoms with Crippen molar-refractivity contribution in [3.63, 3.8) is 0 Å². The molecule has 1 aromatic heterocycles. The molecule has 3 nitrogen and oxygen atoms in total. The lowest BCUT2D eigenvalue weighted by molar-refractivity contribution is 0.664. The molecule has 1 heterocycles. The van der Waals surface area contributed by atoms with Gasteiger partial charge in [-0.3, -0.25) is 4.79 Å². The van der Waals surface area contributed by atoms with Crippen LogP contribution in [0.25, 0.3) is 21.9 Å². The molecule has 2 aromatic carbocycles. The number of aryl methyl sites for hydroxylation is 1. The molecule has 0 saturated carbocycles.